The highest BCUT2D eigenvalue weighted by molar-refractivity contribution is 6.35. The highest BCUT2D eigenvalue weighted by Gasteiger charge is 2.34. The van der Waals surface area contributed by atoms with E-state index in [0.29, 0.717) is 37.5 Å². The number of methoxy groups -OCH3 is 1. The first-order valence-corrected chi connectivity index (χ1v) is 13.7. The zero-order valence-electron chi connectivity index (χ0n) is 23.9. The molecular formula is C26H31Cl2N11O5. The van der Waals surface area contributed by atoms with E-state index in [4.69, 9.17) is 21.1 Å². The number of hydrogen-bond donors (Lipinski definition) is 6. The predicted molar refractivity (Wildman–Crippen MR) is 161 cm³/mol. The second kappa shape index (κ2) is 15.3. The van der Waals surface area contributed by atoms with Gasteiger partial charge in [0.25, 0.3) is 0 Å². The van der Waals surface area contributed by atoms with Gasteiger partial charge in [0.1, 0.15) is 17.1 Å². The van der Waals surface area contributed by atoms with Crippen LogP contribution in [0.25, 0.3) is 5.65 Å². The van der Waals surface area contributed by atoms with E-state index in [0.717, 1.165) is 0 Å². The number of hydrogen-bond acceptors (Lipinski definition) is 14. The molecule has 6 N–H and O–H groups in total. The Balaban J connectivity index is 0.00000529. The van der Waals surface area contributed by atoms with Crippen LogP contribution >= 0.6 is 24.0 Å². The van der Waals surface area contributed by atoms with Crippen molar-refractivity contribution in [2.24, 2.45) is 0 Å². The number of aliphatic hydroxyl groups excluding tert-OH is 1. The molecular weight excluding hydrogens is 617 g/mol. The Labute approximate surface area is 263 Å². The Kier molecular flexibility index (Phi) is 11.9. The maximum atomic E-state index is 13.3. The van der Waals surface area contributed by atoms with E-state index in [1.807, 2.05) is 19.1 Å². The molecule has 0 spiro atoms. The summed E-state index contributed by atoms with van der Waals surface area (Å²) in [5.41, 5.74) is 0.747. The number of nitrogens with zero attached hydrogens (tertiary/aromatic N) is 6. The standard InChI is InChI=1S/C26H30ClN11O5.ClH/c1-4-31-22-23-32-11-15(10-29)38(23)37-25(36-22)34-17-7-14(9-28)8-19(20(17)27)43-24(40)21(13(2)39)33-18-12-30-6-5-16(18)35-26(41)42-3;/h7-8,11,13,16,18,21,30,33,39H,4-6,12H2,1-3H3,(H,35,41)(H2,31,34,36,37);1H/t13-,16?,18?,21+;/m1./s1. The summed E-state index contributed by atoms with van der Waals surface area (Å²) in [6.45, 7) is 4.82. The normalized spacial score (nSPS) is 17.2. The number of esters is 1. The molecule has 4 atom stereocenters. The molecule has 4 rings (SSSR count). The van der Waals surface area contributed by atoms with E-state index < -0.39 is 30.3 Å². The van der Waals surface area contributed by atoms with Crippen LogP contribution in [0.4, 0.5) is 22.2 Å². The Bertz CT molecular complexity index is 1590. The fourth-order valence-electron chi connectivity index (χ4n) is 4.47. The number of amides is 1. The summed E-state index contributed by atoms with van der Waals surface area (Å²) in [7, 11) is 1.25. The highest BCUT2D eigenvalue weighted by Crippen LogP contribution is 2.35. The van der Waals surface area contributed by atoms with E-state index in [9.17, 15) is 25.2 Å². The number of carbonyl (C=O) groups is 2. The first-order chi connectivity index (χ1) is 20.7. The molecule has 1 aliphatic heterocycles. The summed E-state index contributed by atoms with van der Waals surface area (Å²) in [6.07, 6.45) is 0.0992. The van der Waals surface area contributed by atoms with E-state index >= 15 is 0 Å². The Hall–Kier alpha value is -4.45. The Morgan fingerprint density at radius 1 is 1.30 bits per heavy atom. The quantitative estimate of drug-likeness (QED) is 0.135. The fourth-order valence-corrected chi connectivity index (χ4v) is 4.66. The molecule has 2 aromatic heterocycles. The smallest absolute Gasteiger partial charge is 0.407 e. The van der Waals surface area contributed by atoms with Gasteiger partial charge in [0, 0.05) is 31.2 Å². The van der Waals surface area contributed by atoms with Crippen molar-refractivity contribution in [3.8, 4) is 17.9 Å². The van der Waals surface area contributed by atoms with Gasteiger partial charge in [-0.1, -0.05) is 11.6 Å². The number of anilines is 3. The molecule has 18 heteroatoms. The SMILES string of the molecule is CCNc1nc(Nc2cc(C#N)cc(OC(=O)[C@@H](NC3CNCCC3NC(=O)OC)[C@@H](C)O)c2Cl)nn2c(C#N)cnc12.Cl. The van der Waals surface area contributed by atoms with E-state index in [1.165, 1.54) is 36.9 Å². The molecule has 1 aromatic carbocycles. The maximum Gasteiger partial charge on any atom is 0.407 e. The lowest BCUT2D eigenvalue weighted by Gasteiger charge is -2.35. The molecule has 2 unspecified atom stereocenters. The fraction of sp³-hybridized carbons (Fsp3) is 0.423. The van der Waals surface area contributed by atoms with Gasteiger partial charge in [-0.25, -0.2) is 14.6 Å². The molecule has 1 saturated heterocycles. The molecule has 1 amide bonds. The number of nitrogens with one attached hydrogen (secondary N) is 5. The van der Waals surface area contributed by atoms with Gasteiger partial charge in [0.2, 0.25) is 5.95 Å². The minimum Gasteiger partial charge on any atom is -0.453 e. The van der Waals surface area contributed by atoms with Crippen LogP contribution in [0.5, 0.6) is 5.75 Å². The van der Waals surface area contributed by atoms with Crippen LogP contribution in [0.15, 0.2) is 18.3 Å². The summed E-state index contributed by atoms with van der Waals surface area (Å²) in [6, 6.07) is 4.65. The average Bonchev–Trinajstić information content (AvgIpc) is 3.41. The van der Waals surface area contributed by atoms with Crippen molar-refractivity contribution >= 4 is 59.2 Å². The number of ether oxygens (including phenoxy) is 2. The lowest BCUT2D eigenvalue weighted by atomic mass is 9.99. The maximum absolute atomic E-state index is 13.3. The third-order valence-electron chi connectivity index (χ3n) is 6.55. The molecule has 1 fully saturated rings. The summed E-state index contributed by atoms with van der Waals surface area (Å²) in [5, 5.41) is 48.7. The number of halogens is 2. The first-order valence-electron chi connectivity index (χ1n) is 13.3. The van der Waals surface area contributed by atoms with Gasteiger partial charge in [-0.15, -0.1) is 17.5 Å². The van der Waals surface area contributed by atoms with Crippen molar-refractivity contribution in [1.29, 1.82) is 10.5 Å². The van der Waals surface area contributed by atoms with Crippen LogP contribution < -0.4 is 31.3 Å². The minimum atomic E-state index is -1.22. The van der Waals surface area contributed by atoms with Gasteiger partial charge < -0.3 is 35.8 Å². The Morgan fingerprint density at radius 2 is 2.07 bits per heavy atom. The molecule has 0 bridgehead atoms. The molecule has 3 aromatic rings. The van der Waals surface area contributed by atoms with Crippen molar-refractivity contribution in [3.63, 3.8) is 0 Å². The van der Waals surface area contributed by atoms with Crippen LogP contribution in [0.2, 0.25) is 5.02 Å². The highest BCUT2D eigenvalue weighted by atomic mass is 35.5. The molecule has 1 aliphatic rings. The molecule has 16 nitrogen and oxygen atoms in total. The average molecular weight is 649 g/mol. The topological polar surface area (TPSA) is 224 Å². The predicted octanol–water partition coefficient (Wildman–Crippen LogP) is 1.45. The number of carbonyl (C=O) groups excluding carboxylic acids is 2. The molecule has 3 heterocycles. The Morgan fingerprint density at radius 3 is 2.73 bits per heavy atom. The van der Waals surface area contributed by atoms with Crippen LogP contribution in [0, 0.1) is 22.7 Å². The molecule has 0 aliphatic carbocycles. The number of piperidine rings is 1. The zero-order valence-corrected chi connectivity index (χ0v) is 25.5. The van der Waals surface area contributed by atoms with Gasteiger partial charge in [0.05, 0.1) is 36.7 Å². The minimum absolute atomic E-state index is 0. The number of benzene rings is 1. The molecule has 44 heavy (non-hydrogen) atoms. The number of aromatic nitrogens is 4. The van der Waals surface area contributed by atoms with Gasteiger partial charge in [-0.2, -0.15) is 20.0 Å². The first kappa shape index (κ1) is 34.0. The van der Waals surface area contributed by atoms with Crippen molar-refractivity contribution in [1.82, 2.24) is 35.5 Å². The van der Waals surface area contributed by atoms with Crippen LogP contribution in [0.3, 0.4) is 0 Å². The van der Waals surface area contributed by atoms with Gasteiger partial charge >= 0.3 is 12.1 Å². The van der Waals surface area contributed by atoms with Crippen LogP contribution in [-0.2, 0) is 9.53 Å². The molecule has 0 saturated carbocycles. The van der Waals surface area contributed by atoms with Crippen molar-refractivity contribution in [3.05, 3.63) is 34.6 Å². The van der Waals surface area contributed by atoms with E-state index in [2.05, 4.69) is 41.7 Å². The molecule has 234 valence electrons. The van der Waals surface area contributed by atoms with Crippen molar-refractivity contribution in [2.75, 3.05) is 37.4 Å². The van der Waals surface area contributed by atoms with Crippen molar-refractivity contribution < 1.29 is 24.2 Å². The lowest BCUT2D eigenvalue weighted by Crippen LogP contribution is -2.63. The molecule has 0 radical (unpaired) electrons. The van der Waals surface area contributed by atoms with Gasteiger partial charge in [-0.05, 0) is 32.9 Å². The number of fused-ring (bicyclic) bond motifs is 1. The van der Waals surface area contributed by atoms with Gasteiger partial charge in [0.15, 0.2) is 22.9 Å². The monoisotopic (exact) mass is 647 g/mol. The summed E-state index contributed by atoms with van der Waals surface area (Å²) in [5.74, 6) is -0.655. The number of alkyl carbamates (subject to hydrolysis) is 1. The summed E-state index contributed by atoms with van der Waals surface area (Å²) >= 11 is 6.61. The largest absolute Gasteiger partial charge is 0.453 e. The van der Waals surface area contributed by atoms with Gasteiger partial charge in [-0.3, -0.25) is 5.32 Å². The van der Waals surface area contributed by atoms with E-state index in [1.54, 1.807) is 0 Å². The van der Waals surface area contributed by atoms with Crippen LogP contribution in [-0.4, -0.2) is 87.7 Å². The third-order valence-corrected chi connectivity index (χ3v) is 6.94. The second-order valence-electron chi connectivity index (χ2n) is 9.53. The number of nitriles is 2. The lowest BCUT2D eigenvalue weighted by molar-refractivity contribution is -0.139. The zero-order chi connectivity index (χ0) is 31.1. The third kappa shape index (κ3) is 7.73. The number of aliphatic hydroxyl groups is 1. The second-order valence-corrected chi connectivity index (χ2v) is 9.90. The number of rotatable bonds is 10. The van der Waals surface area contributed by atoms with Crippen molar-refractivity contribution in [2.45, 2.75) is 44.5 Å². The summed E-state index contributed by atoms with van der Waals surface area (Å²) < 4.78 is 11.6. The summed E-state index contributed by atoms with van der Waals surface area (Å²) in [4.78, 5) is 33.7. The van der Waals surface area contributed by atoms with Crippen LogP contribution in [0.1, 0.15) is 31.5 Å². The number of imidazole rings is 1. The van der Waals surface area contributed by atoms with E-state index in [-0.39, 0.29) is 52.1 Å².